The van der Waals surface area contributed by atoms with Gasteiger partial charge in [-0.1, -0.05) is 42.0 Å². The molecule has 5 heteroatoms. The number of hydrogen-bond acceptors (Lipinski definition) is 3. The van der Waals surface area contributed by atoms with Gasteiger partial charge in [-0.15, -0.1) is 11.8 Å². The van der Waals surface area contributed by atoms with E-state index in [9.17, 15) is 9.59 Å². The van der Waals surface area contributed by atoms with Crippen molar-refractivity contribution in [3.05, 3.63) is 65.2 Å². The average Bonchev–Trinajstić information content (AvgIpc) is 2.72. The Morgan fingerprint density at radius 3 is 2.64 bits per heavy atom. The van der Waals surface area contributed by atoms with Crippen LogP contribution in [0.25, 0.3) is 0 Å². The smallest absolute Gasteiger partial charge is 0.235 e. The number of nitrogens with one attached hydrogen (secondary N) is 1. The second-order valence-corrected chi connectivity index (χ2v) is 8.75. The van der Waals surface area contributed by atoms with Crippen molar-refractivity contribution in [2.45, 2.75) is 44.4 Å². The summed E-state index contributed by atoms with van der Waals surface area (Å²) in [6.45, 7) is 3.90. The first-order valence-corrected chi connectivity index (χ1v) is 10.8. The lowest BCUT2D eigenvalue weighted by molar-refractivity contribution is -0.131. The number of carbonyl (C=O) groups is 2. The van der Waals surface area contributed by atoms with Crippen molar-refractivity contribution < 1.29 is 9.59 Å². The van der Waals surface area contributed by atoms with Gasteiger partial charge in [-0.05, 0) is 56.4 Å². The summed E-state index contributed by atoms with van der Waals surface area (Å²) in [7, 11) is 1.89. The molecule has 0 aliphatic heterocycles. The molecule has 1 aliphatic carbocycles. The first kappa shape index (κ1) is 20.5. The third-order valence-corrected chi connectivity index (χ3v) is 6.43. The quantitative estimate of drug-likeness (QED) is 0.777. The summed E-state index contributed by atoms with van der Waals surface area (Å²) in [4.78, 5) is 27.0. The van der Waals surface area contributed by atoms with Crippen molar-refractivity contribution in [2.24, 2.45) is 0 Å². The van der Waals surface area contributed by atoms with Crippen molar-refractivity contribution in [2.75, 3.05) is 18.1 Å². The SMILES string of the molecule is Cc1ccc(NC(=O)CSC(C)C(=O)N(C)C2CCCc3ccccc32)cc1. The van der Waals surface area contributed by atoms with Crippen LogP contribution in [-0.2, 0) is 16.0 Å². The van der Waals surface area contributed by atoms with Gasteiger partial charge in [-0.3, -0.25) is 9.59 Å². The fourth-order valence-electron chi connectivity index (χ4n) is 3.68. The Hall–Kier alpha value is -2.27. The Morgan fingerprint density at radius 2 is 1.89 bits per heavy atom. The summed E-state index contributed by atoms with van der Waals surface area (Å²) >= 11 is 1.39. The third kappa shape index (κ3) is 4.96. The van der Waals surface area contributed by atoms with E-state index in [1.165, 1.54) is 22.9 Å². The maximum atomic E-state index is 12.9. The highest BCUT2D eigenvalue weighted by molar-refractivity contribution is 8.01. The predicted octanol–water partition coefficient (Wildman–Crippen LogP) is 4.59. The number of rotatable bonds is 6. The molecule has 0 bridgehead atoms. The van der Waals surface area contributed by atoms with Gasteiger partial charge in [-0.2, -0.15) is 0 Å². The molecule has 2 amide bonds. The van der Waals surface area contributed by atoms with Crippen LogP contribution in [0.5, 0.6) is 0 Å². The Labute approximate surface area is 171 Å². The Kier molecular flexibility index (Phi) is 6.79. The van der Waals surface area contributed by atoms with E-state index >= 15 is 0 Å². The van der Waals surface area contributed by atoms with Gasteiger partial charge >= 0.3 is 0 Å². The lowest BCUT2D eigenvalue weighted by Gasteiger charge is -2.34. The number of nitrogens with zero attached hydrogens (tertiary/aromatic N) is 1. The zero-order valence-corrected chi connectivity index (χ0v) is 17.6. The number of aryl methyl sites for hydroxylation is 2. The van der Waals surface area contributed by atoms with Gasteiger partial charge in [-0.25, -0.2) is 0 Å². The lowest BCUT2D eigenvalue weighted by atomic mass is 9.87. The summed E-state index contributed by atoms with van der Waals surface area (Å²) in [6.07, 6.45) is 3.17. The van der Waals surface area contributed by atoms with Crippen LogP contribution in [-0.4, -0.2) is 34.8 Å². The summed E-state index contributed by atoms with van der Waals surface area (Å²) in [6, 6.07) is 16.2. The second-order valence-electron chi connectivity index (χ2n) is 7.42. The van der Waals surface area contributed by atoms with Gasteiger partial charge in [0.1, 0.15) is 0 Å². The molecule has 0 spiro atoms. The molecule has 0 heterocycles. The Bertz CT molecular complexity index is 835. The topological polar surface area (TPSA) is 49.4 Å². The minimum Gasteiger partial charge on any atom is -0.338 e. The summed E-state index contributed by atoms with van der Waals surface area (Å²) in [5.41, 5.74) is 4.54. The van der Waals surface area contributed by atoms with Crippen LogP contribution in [0.2, 0.25) is 0 Å². The highest BCUT2D eigenvalue weighted by Gasteiger charge is 2.29. The monoisotopic (exact) mass is 396 g/mol. The second kappa shape index (κ2) is 9.28. The average molecular weight is 397 g/mol. The van der Waals surface area contributed by atoms with Gasteiger partial charge in [0.2, 0.25) is 11.8 Å². The molecule has 1 aliphatic rings. The van der Waals surface area contributed by atoms with E-state index in [-0.39, 0.29) is 28.9 Å². The molecule has 2 aromatic carbocycles. The largest absolute Gasteiger partial charge is 0.338 e. The molecule has 4 nitrogen and oxygen atoms in total. The molecule has 2 aromatic rings. The summed E-state index contributed by atoms with van der Waals surface area (Å²) in [5, 5.41) is 2.62. The molecule has 0 saturated heterocycles. The minimum atomic E-state index is -0.261. The van der Waals surface area contributed by atoms with Crippen LogP contribution in [0.1, 0.15) is 42.5 Å². The van der Waals surface area contributed by atoms with Gasteiger partial charge in [0.25, 0.3) is 0 Å². The number of hydrogen-bond donors (Lipinski definition) is 1. The van der Waals surface area contributed by atoms with Crippen molar-refractivity contribution in [1.82, 2.24) is 4.90 Å². The molecule has 0 aromatic heterocycles. The molecule has 0 radical (unpaired) electrons. The van der Waals surface area contributed by atoms with E-state index in [0.29, 0.717) is 0 Å². The lowest BCUT2D eigenvalue weighted by Crippen LogP contribution is -2.38. The van der Waals surface area contributed by atoms with E-state index in [1.54, 1.807) is 0 Å². The molecular formula is C23H28N2O2S. The molecule has 1 N–H and O–H groups in total. The van der Waals surface area contributed by atoms with Crippen molar-refractivity contribution in [3.63, 3.8) is 0 Å². The van der Waals surface area contributed by atoms with E-state index in [4.69, 9.17) is 0 Å². The van der Waals surface area contributed by atoms with Crippen LogP contribution >= 0.6 is 11.8 Å². The summed E-state index contributed by atoms with van der Waals surface area (Å²) in [5.74, 6) is 0.254. The van der Waals surface area contributed by atoms with E-state index in [1.807, 2.05) is 56.1 Å². The maximum absolute atomic E-state index is 12.9. The number of amides is 2. The molecule has 148 valence electrons. The predicted molar refractivity (Wildman–Crippen MR) is 117 cm³/mol. The van der Waals surface area contributed by atoms with Crippen molar-refractivity contribution in [3.8, 4) is 0 Å². The fourth-order valence-corrected chi connectivity index (χ4v) is 4.46. The molecule has 0 fully saturated rings. The Morgan fingerprint density at radius 1 is 1.18 bits per heavy atom. The van der Waals surface area contributed by atoms with Gasteiger partial charge in [0.15, 0.2) is 0 Å². The Balaban J connectivity index is 1.54. The van der Waals surface area contributed by atoms with Crippen LogP contribution < -0.4 is 5.32 Å². The molecular weight excluding hydrogens is 368 g/mol. The van der Waals surface area contributed by atoms with Crippen molar-refractivity contribution >= 4 is 29.3 Å². The molecule has 0 saturated carbocycles. The maximum Gasteiger partial charge on any atom is 0.235 e. The number of carbonyl (C=O) groups excluding carboxylic acids is 2. The van der Waals surface area contributed by atoms with Crippen molar-refractivity contribution in [1.29, 1.82) is 0 Å². The highest BCUT2D eigenvalue weighted by atomic mass is 32.2. The third-order valence-electron chi connectivity index (χ3n) is 5.30. The van der Waals surface area contributed by atoms with Crippen LogP contribution in [0.15, 0.2) is 48.5 Å². The molecule has 2 unspecified atom stereocenters. The minimum absolute atomic E-state index is 0.0786. The zero-order chi connectivity index (χ0) is 20.1. The number of anilines is 1. The van der Waals surface area contributed by atoms with E-state index < -0.39 is 0 Å². The van der Waals surface area contributed by atoms with E-state index in [2.05, 4.69) is 23.5 Å². The van der Waals surface area contributed by atoms with Gasteiger partial charge < -0.3 is 10.2 Å². The number of thioether (sulfide) groups is 1. The molecule has 3 rings (SSSR count). The molecule has 2 atom stereocenters. The first-order valence-electron chi connectivity index (χ1n) is 9.78. The van der Waals surface area contributed by atoms with Crippen LogP contribution in [0.4, 0.5) is 5.69 Å². The highest BCUT2D eigenvalue weighted by Crippen LogP contribution is 2.34. The first-order chi connectivity index (χ1) is 13.5. The van der Waals surface area contributed by atoms with Crippen LogP contribution in [0, 0.1) is 6.92 Å². The van der Waals surface area contributed by atoms with Gasteiger partial charge in [0.05, 0.1) is 17.0 Å². The standard InChI is InChI=1S/C23H28N2O2S/c1-16-11-13-19(14-12-16)24-22(26)15-28-17(2)23(27)25(3)21-10-6-8-18-7-4-5-9-20(18)21/h4-5,7,9,11-14,17,21H,6,8,10,15H2,1-3H3,(H,24,26). The fraction of sp³-hybridized carbons (Fsp3) is 0.391. The van der Waals surface area contributed by atoms with E-state index in [0.717, 1.165) is 30.5 Å². The zero-order valence-electron chi connectivity index (χ0n) is 16.8. The number of benzene rings is 2. The molecule has 28 heavy (non-hydrogen) atoms. The van der Waals surface area contributed by atoms with Crippen LogP contribution in [0.3, 0.4) is 0 Å². The van der Waals surface area contributed by atoms with Gasteiger partial charge in [0, 0.05) is 12.7 Å². The number of fused-ring (bicyclic) bond motifs is 1. The normalized spacial score (nSPS) is 16.8. The summed E-state index contributed by atoms with van der Waals surface area (Å²) < 4.78 is 0.